The quantitative estimate of drug-likeness (QED) is 0.359. The number of likely N-dealkylation sites (N-methyl/N-ethyl adjacent to an activating group) is 1. The molecule has 3 N–H and O–H groups in total. The largest absolute Gasteiger partial charge is 0.382 e. The molecule has 5 aromatic rings. The second-order valence-electron chi connectivity index (χ2n) is 9.36. The SMILES string of the molecule is CC(C)Nc1cncc(-c2cc3c(-c4nc5c(N6CCN(C)CC6)nccc5[nH]4)n[nH]c3cn2)c1. The van der Waals surface area contributed by atoms with Crippen molar-refractivity contribution in [1.29, 1.82) is 0 Å². The van der Waals surface area contributed by atoms with E-state index in [1.54, 1.807) is 0 Å². The van der Waals surface area contributed by atoms with Gasteiger partial charge in [-0.15, -0.1) is 0 Å². The number of anilines is 2. The molecule has 0 amide bonds. The first-order valence-electron chi connectivity index (χ1n) is 11.9. The second-order valence-corrected chi connectivity index (χ2v) is 9.36. The van der Waals surface area contributed by atoms with Crippen LogP contribution < -0.4 is 10.2 Å². The van der Waals surface area contributed by atoms with Crippen molar-refractivity contribution in [3.8, 4) is 22.8 Å². The van der Waals surface area contributed by atoms with Gasteiger partial charge in [0.15, 0.2) is 11.6 Å². The van der Waals surface area contributed by atoms with E-state index in [0.29, 0.717) is 11.9 Å². The van der Waals surface area contributed by atoms with Gasteiger partial charge in [-0.3, -0.25) is 15.1 Å². The van der Waals surface area contributed by atoms with E-state index in [2.05, 4.69) is 72.2 Å². The molecule has 6 heterocycles. The lowest BCUT2D eigenvalue weighted by molar-refractivity contribution is 0.312. The number of nitrogens with zero attached hydrogens (tertiary/aromatic N) is 7. The van der Waals surface area contributed by atoms with Crippen LogP contribution in [0.4, 0.5) is 11.5 Å². The van der Waals surface area contributed by atoms with Gasteiger partial charge >= 0.3 is 0 Å². The minimum atomic E-state index is 0.321. The Labute approximate surface area is 202 Å². The fourth-order valence-electron chi connectivity index (χ4n) is 4.53. The van der Waals surface area contributed by atoms with Gasteiger partial charge in [-0.2, -0.15) is 5.10 Å². The lowest BCUT2D eigenvalue weighted by atomic mass is 10.1. The Balaban J connectivity index is 1.39. The van der Waals surface area contributed by atoms with Gasteiger partial charge in [0, 0.05) is 61.8 Å². The summed E-state index contributed by atoms with van der Waals surface area (Å²) in [6, 6.07) is 6.39. The van der Waals surface area contributed by atoms with E-state index >= 15 is 0 Å². The number of hydrogen-bond acceptors (Lipinski definition) is 8. The average Bonchev–Trinajstić information content (AvgIpc) is 3.48. The van der Waals surface area contributed by atoms with Crippen LogP contribution in [-0.4, -0.2) is 79.3 Å². The van der Waals surface area contributed by atoms with E-state index in [4.69, 9.17) is 4.98 Å². The summed E-state index contributed by atoms with van der Waals surface area (Å²) in [6.07, 6.45) is 7.30. The maximum atomic E-state index is 4.95. The van der Waals surface area contributed by atoms with Crippen LogP contribution in [0.3, 0.4) is 0 Å². The van der Waals surface area contributed by atoms with Gasteiger partial charge in [-0.05, 0) is 39.1 Å². The van der Waals surface area contributed by atoms with Gasteiger partial charge in [0.25, 0.3) is 0 Å². The maximum absolute atomic E-state index is 4.95. The Morgan fingerprint density at radius 2 is 1.86 bits per heavy atom. The highest BCUT2D eigenvalue weighted by molar-refractivity contribution is 5.96. The topological polar surface area (TPSA) is 115 Å². The number of piperazine rings is 1. The van der Waals surface area contributed by atoms with Crippen molar-refractivity contribution < 1.29 is 0 Å². The normalized spacial score (nSPS) is 14.9. The summed E-state index contributed by atoms with van der Waals surface area (Å²) in [5.41, 5.74) is 6.17. The van der Waals surface area contributed by atoms with Crippen LogP contribution in [0, 0.1) is 0 Å². The van der Waals surface area contributed by atoms with Gasteiger partial charge in [0.1, 0.15) is 11.2 Å². The molecular formula is C25H28N10. The van der Waals surface area contributed by atoms with E-state index in [0.717, 1.165) is 76.6 Å². The van der Waals surface area contributed by atoms with E-state index in [1.807, 2.05) is 36.9 Å². The molecule has 5 aromatic heterocycles. The first-order valence-corrected chi connectivity index (χ1v) is 11.9. The van der Waals surface area contributed by atoms with Crippen molar-refractivity contribution in [3.63, 3.8) is 0 Å². The minimum Gasteiger partial charge on any atom is -0.382 e. The van der Waals surface area contributed by atoms with E-state index in [1.165, 1.54) is 0 Å². The van der Waals surface area contributed by atoms with Gasteiger partial charge < -0.3 is 20.1 Å². The third-order valence-corrected chi connectivity index (χ3v) is 6.35. The molecule has 35 heavy (non-hydrogen) atoms. The Morgan fingerprint density at radius 1 is 1.00 bits per heavy atom. The highest BCUT2D eigenvalue weighted by atomic mass is 15.3. The lowest BCUT2D eigenvalue weighted by Crippen LogP contribution is -2.44. The van der Waals surface area contributed by atoms with Gasteiger partial charge in [-0.25, -0.2) is 9.97 Å². The number of imidazole rings is 1. The first-order chi connectivity index (χ1) is 17.0. The molecule has 6 rings (SSSR count). The summed E-state index contributed by atoms with van der Waals surface area (Å²) < 4.78 is 0. The Morgan fingerprint density at radius 3 is 2.69 bits per heavy atom. The molecule has 1 aliphatic heterocycles. The zero-order valence-electron chi connectivity index (χ0n) is 20.1. The van der Waals surface area contributed by atoms with Gasteiger partial charge in [0.2, 0.25) is 0 Å². The third kappa shape index (κ3) is 4.06. The molecule has 0 unspecified atom stereocenters. The van der Waals surface area contributed by atoms with Crippen molar-refractivity contribution >= 4 is 33.4 Å². The summed E-state index contributed by atoms with van der Waals surface area (Å²) in [6.45, 7) is 8.10. The van der Waals surface area contributed by atoms with Crippen LogP contribution in [0.25, 0.3) is 44.7 Å². The Hall–Kier alpha value is -4.05. The Bertz CT molecular complexity index is 1490. The Kier molecular flexibility index (Phi) is 5.29. The average molecular weight is 469 g/mol. The zero-order valence-corrected chi connectivity index (χ0v) is 20.1. The molecule has 0 aliphatic carbocycles. The van der Waals surface area contributed by atoms with Crippen molar-refractivity contribution in [3.05, 3.63) is 43.0 Å². The molecule has 0 atom stereocenters. The molecule has 178 valence electrons. The van der Waals surface area contributed by atoms with Crippen LogP contribution in [0.15, 0.2) is 43.0 Å². The molecular weight excluding hydrogens is 440 g/mol. The van der Waals surface area contributed by atoms with Crippen LogP contribution in [0.5, 0.6) is 0 Å². The van der Waals surface area contributed by atoms with Crippen LogP contribution in [0.2, 0.25) is 0 Å². The molecule has 0 saturated carbocycles. The molecule has 1 aliphatic rings. The zero-order chi connectivity index (χ0) is 23.9. The number of H-pyrrole nitrogens is 2. The van der Waals surface area contributed by atoms with Crippen molar-refractivity contribution in [2.24, 2.45) is 0 Å². The summed E-state index contributed by atoms with van der Waals surface area (Å²) in [5.74, 6) is 1.63. The number of rotatable bonds is 5. The van der Waals surface area contributed by atoms with E-state index in [-0.39, 0.29) is 0 Å². The molecule has 10 heteroatoms. The number of nitrogens with one attached hydrogen (secondary N) is 3. The molecule has 0 bridgehead atoms. The first kappa shape index (κ1) is 21.5. The highest BCUT2D eigenvalue weighted by Crippen LogP contribution is 2.31. The van der Waals surface area contributed by atoms with Crippen LogP contribution in [0.1, 0.15) is 13.8 Å². The van der Waals surface area contributed by atoms with E-state index in [9.17, 15) is 0 Å². The maximum Gasteiger partial charge on any atom is 0.159 e. The number of hydrogen-bond donors (Lipinski definition) is 3. The second kappa shape index (κ2) is 8.62. The van der Waals surface area contributed by atoms with Crippen LogP contribution in [-0.2, 0) is 0 Å². The fraction of sp³-hybridized carbons (Fsp3) is 0.320. The predicted octanol–water partition coefficient (Wildman–Crippen LogP) is 3.53. The molecule has 10 nitrogen and oxygen atoms in total. The standard InChI is InChI=1S/C25H28N10/c1-15(2)29-17-10-16(12-26-13-17)20-11-18-21(14-28-20)32-33-22(18)24-30-19-4-5-27-25(23(19)31-24)35-8-6-34(3)7-9-35/h4-5,10-15,29H,6-9H2,1-3H3,(H,30,31)(H,32,33). The molecule has 0 aromatic carbocycles. The minimum absolute atomic E-state index is 0.321. The summed E-state index contributed by atoms with van der Waals surface area (Å²) in [7, 11) is 2.15. The summed E-state index contributed by atoms with van der Waals surface area (Å²) in [5, 5.41) is 12.0. The molecule has 1 fully saturated rings. The summed E-state index contributed by atoms with van der Waals surface area (Å²) >= 11 is 0. The molecule has 1 saturated heterocycles. The van der Waals surface area contributed by atoms with E-state index < -0.39 is 0 Å². The van der Waals surface area contributed by atoms with Crippen LogP contribution >= 0.6 is 0 Å². The molecule has 0 spiro atoms. The van der Waals surface area contributed by atoms with Gasteiger partial charge in [0.05, 0.1) is 28.6 Å². The van der Waals surface area contributed by atoms with Crippen molar-refractivity contribution in [2.75, 3.05) is 43.4 Å². The smallest absolute Gasteiger partial charge is 0.159 e. The number of pyridine rings is 3. The van der Waals surface area contributed by atoms with Crippen molar-refractivity contribution in [2.45, 2.75) is 19.9 Å². The number of aromatic amines is 2. The third-order valence-electron chi connectivity index (χ3n) is 6.35. The molecule has 0 radical (unpaired) electrons. The number of fused-ring (bicyclic) bond motifs is 2. The lowest BCUT2D eigenvalue weighted by Gasteiger charge is -2.33. The van der Waals surface area contributed by atoms with Gasteiger partial charge in [-0.1, -0.05) is 0 Å². The monoisotopic (exact) mass is 468 g/mol. The summed E-state index contributed by atoms with van der Waals surface area (Å²) in [4.78, 5) is 26.7. The van der Waals surface area contributed by atoms with Crippen molar-refractivity contribution in [1.82, 2.24) is 40.0 Å². The fourth-order valence-corrected chi connectivity index (χ4v) is 4.53. The predicted molar refractivity (Wildman–Crippen MR) is 138 cm³/mol. The number of aromatic nitrogens is 7. The highest BCUT2D eigenvalue weighted by Gasteiger charge is 2.21.